The number of fused-ring (bicyclic) bond motifs is 1. The Balaban J connectivity index is 1.53. The molecular weight excluding hydrogens is 572 g/mol. The maximum atomic E-state index is 12.7. The molecular formula is C30H37ClN8O4. The Kier molecular flexibility index (Phi) is 8.23. The number of hydrogen-bond acceptors (Lipinski definition) is 9. The van der Waals surface area contributed by atoms with Crippen molar-refractivity contribution in [3.8, 4) is 22.8 Å². The van der Waals surface area contributed by atoms with Gasteiger partial charge in [0, 0.05) is 56.8 Å². The maximum absolute atomic E-state index is 12.7. The molecule has 2 aliphatic rings. The molecule has 228 valence electrons. The van der Waals surface area contributed by atoms with E-state index in [9.17, 15) is 9.59 Å². The van der Waals surface area contributed by atoms with Crippen LogP contribution < -0.4 is 10.7 Å². The average Bonchev–Trinajstić information content (AvgIpc) is 3.57. The Bertz CT molecular complexity index is 1660. The number of piperazine rings is 1. The fourth-order valence-electron chi connectivity index (χ4n) is 6.62. The van der Waals surface area contributed by atoms with Gasteiger partial charge in [0.1, 0.15) is 12.3 Å². The predicted molar refractivity (Wildman–Crippen MR) is 163 cm³/mol. The van der Waals surface area contributed by atoms with Crippen molar-refractivity contribution in [3.63, 3.8) is 0 Å². The third-order valence-corrected chi connectivity index (χ3v) is 8.92. The Morgan fingerprint density at radius 3 is 2.49 bits per heavy atom. The van der Waals surface area contributed by atoms with Crippen LogP contribution in [0.1, 0.15) is 46.5 Å². The highest BCUT2D eigenvalue weighted by atomic mass is 35.5. The molecule has 1 aliphatic heterocycles. The highest BCUT2D eigenvalue weighted by Gasteiger charge is 2.36. The Morgan fingerprint density at radius 2 is 1.84 bits per heavy atom. The van der Waals surface area contributed by atoms with Crippen molar-refractivity contribution >= 4 is 34.5 Å². The molecule has 2 fully saturated rings. The van der Waals surface area contributed by atoms with Crippen molar-refractivity contribution in [3.05, 3.63) is 40.1 Å². The summed E-state index contributed by atoms with van der Waals surface area (Å²) in [6.07, 6.45) is 8.00. The molecule has 5 heterocycles. The zero-order valence-corrected chi connectivity index (χ0v) is 25.7. The summed E-state index contributed by atoms with van der Waals surface area (Å²) in [5, 5.41) is 4.37. The summed E-state index contributed by atoms with van der Waals surface area (Å²) in [5.41, 5.74) is 3.37. The molecule has 1 N–H and O–H groups in total. The number of methoxy groups -OCH3 is 1. The maximum Gasteiger partial charge on any atom is 0.439 e. The quantitative estimate of drug-likeness (QED) is 0.324. The molecule has 12 nitrogen and oxygen atoms in total. The number of carbonyl (C=O) groups is 1. The van der Waals surface area contributed by atoms with Crippen LogP contribution in [0.15, 0.2) is 33.8 Å². The first-order chi connectivity index (χ1) is 20.7. The summed E-state index contributed by atoms with van der Waals surface area (Å²) in [6.45, 7) is 8.54. The van der Waals surface area contributed by atoms with Crippen LogP contribution in [-0.4, -0.2) is 79.4 Å². The second kappa shape index (κ2) is 12.1. The molecule has 0 aromatic carbocycles. The molecule has 1 aliphatic carbocycles. The van der Waals surface area contributed by atoms with Gasteiger partial charge in [0.15, 0.2) is 0 Å². The fourth-order valence-corrected chi connectivity index (χ4v) is 6.80. The summed E-state index contributed by atoms with van der Waals surface area (Å²) in [7, 11) is 1.54. The van der Waals surface area contributed by atoms with Crippen molar-refractivity contribution < 1.29 is 14.1 Å². The molecule has 1 amide bonds. The van der Waals surface area contributed by atoms with Crippen LogP contribution in [0.2, 0.25) is 5.02 Å². The van der Waals surface area contributed by atoms with E-state index in [-0.39, 0.29) is 30.4 Å². The topological polar surface area (TPSA) is 135 Å². The largest absolute Gasteiger partial charge is 0.439 e. The lowest BCUT2D eigenvalue weighted by molar-refractivity contribution is -0.136. The number of hydrogen-bond donors (Lipinski definition) is 1. The highest BCUT2D eigenvalue weighted by molar-refractivity contribution is 6.30. The summed E-state index contributed by atoms with van der Waals surface area (Å²) >= 11 is 6.41. The molecule has 43 heavy (non-hydrogen) atoms. The van der Waals surface area contributed by atoms with E-state index in [0.717, 1.165) is 42.3 Å². The van der Waals surface area contributed by atoms with E-state index in [1.165, 1.54) is 12.8 Å². The van der Waals surface area contributed by atoms with Gasteiger partial charge in [-0.2, -0.15) is 0 Å². The first-order valence-corrected chi connectivity index (χ1v) is 15.2. The number of halogens is 1. The van der Waals surface area contributed by atoms with Crippen LogP contribution in [0, 0.1) is 11.8 Å². The Morgan fingerprint density at radius 1 is 1.09 bits per heavy atom. The number of ether oxygens (including phenoxy) is 1. The van der Waals surface area contributed by atoms with E-state index >= 15 is 0 Å². The van der Waals surface area contributed by atoms with Gasteiger partial charge in [0.25, 0.3) is 0 Å². The highest BCUT2D eigenvalue weighted by Crippen LogP contribution is 2.38. The zero-order chi connectivity index (χ0) is 30.2. The molecule has 0 unspecified atom stereocenters. The SMILES string of the molecule is COCC(=O)N1C[C@@H](C)N(c2nc3cc(-c4noc(=O)[nH]4)nc(-c4cncc(Cl)c4)c3n2CC2CCC(C)CC2)[C@H](C)C1. The van der Waals surface area contributed by atoms with E-state index in [1.807, 2.05) is 17.0 Å². The molecule has 2 atom stereocenters. The summed E-state index contributed by atoms with van der Waals surface area (Å²) in [6, 6.07) is 3.67. The van der Waals surface area contributed by atoms with Crippen LogP contribution in [-0.2, 0) is 16.1 Å². The number of nitrogens with zero attached hydrogens (tertiary/aromatic N) is 7. The van der Waals surface area contributed by atoms with Crippen LogP contribution in [0.5, 0.6) is 0 Å². The number of aromatic amines is 1. The average molecular weight is 609 g/mol. The van der Waals surface area contributed by atoms with Gasteiger partial charge in [-0.1, -0.05) is 36.5 Å². The van der Waals surface area contributed by atoms with Gasteiger partial charge in [-0.15, -0.1) is 0 Å². The molecule has 4 aromatic rings. The minimum atomic E-state index is -0.663. The van der Waals surface area contributed by atoms with Crippen LogP contribution in [0.4, 0.5) is 5.95 Å². The van der Waals surface area contributed by atoms with Crippen LogP contribution >= 0.6 is 11.6 Å². The molecule has 13 heteroatoms. The molecule has 1 saturated heterocycles. The lowest BCUT2D eigenvalue weighted by Gasteiger charge is -2.45. The minimum Gasteiger partial charge on any atom is -0.375 e. The molecule has 4 aromatic heterocycles. The van der Waals surface area contributed by atoms with Crippen molar-refractivity contribution in [2.45, 2.75) is 65.1 Å². The number of aromatic nitrogens is 6. The molecule has 6 rings (SSSR count). The van der Waals surface area contributed by atoms with Gasteiger partial charge in [-0.3, -0.25) is 19.3 Å². The predicted octanol–water partition coefficient (Wildman–Crippen LogP) is 4.39. The standard InChI is InChI=1S/C30H37ClN8O4/c1-17-5-7-20(8-6-17)15-38-27-23(34-29(38)39-18(2)13-37(14-19(39)3)25(40)16-42-4)10-24(28-35-30(41)43-36-28)33-26(27)21-9-22(31)12-32-11-21/h9-12,17-20H,5-8,13-16H2,1-4H3,(H,35,36,41)/t17?,18-,19-,20?/m1/s1. The lowest BCUT2D eigenvalue weighted by atomic mass is 9.83. The first-order valence-electron chi connectivity index (χ1n) is 14.9. The normalized spacial score (nSPS) is 22.8. The Hall–Kier alpha value is -3.77. The van der Waals surface area contributed by atoms with Crippen LogP contribution in [0.3, 0.4) is 0 Å². The zero-order valence-electron chi connectivity index (χ0n) is 24.9. The number of nitrogens with one attached hydrogen (secondary N) is 1. The Labute approximate surface area is 254 Å². The number of pyridine rings is 2. The van der Waals surface area contributed by atoms with Crippen molar-refractivity contribution in [1.82, 2.24) is 34.6 Å². The number of H-pyrrole nitrogens is 1. The number of rotatable bonds is 7. The summed E-state index contributed by atoms with van der Waals surface area (Å²) in [5.74, 6) is 1.58. The number of carbonyl (C=O) groups excluding carboxylic acids is 1. The second-order valence-corrected chi connectivity index (χ2v) is 12.5. The van der Waals surface area contributed by atoms with Crippen molar-refractivity contribution in [2.75, 3.05) is 31.7 Å². The van der Waals surface area contributed by atoms with Gasteiger partial charge < -0.3 is 19.1 Å². The smallest absolute Gasteiger partial charge is 0.375 e. The van der Waals surface area contributed by atoms with Crippen molar-refractivity contribution in [2.24, 2.45) is 11.8 Å². The molecule has 0 spiro atoms. The summed E-state index contributed by atoms with van der Waals surface area (Å²) < 4.78 is 12.2. The minimum absolute atomic E-state index is 0.00195. The first kappa shape index (κ1) is 29.3. The van der Waals surface area contributed by atoms with Crippen LogP contribution in [0.25, 0.3) is 33.8 Å². The van der Waals surface area contributed by atoms with Gasteiger partial charge in [-0.25, -0.2) is 14.8 Å². The van der Waals surface area contributed by atoms with Gasteiger partial charge >= 0.3 is 5.76 Å². The van der Waals surface area contributed by atoms with E-state index in [0.29, 0.717) is 40.9 Å². The number of amides is 1. The van der Waals surface area contributed by atoms with Gasteiger partial charge in [0.05, 0.1) is 21.7 Å². The van der Waals surface area contributed by atoms with Gasteiger partial charge in [-0.05, 0) is 50.7 Å². The molecule has 1 saturated carbocycles. The van der Waals surface area contributed by atoms with E-state index in [2.05, 4.69) is 45.4 Å². The second-order valence-electron chi connectivity index (χ2n) is 12.0. The number of imidazole rings is 1. The van der Waals surface area contributed by atoms with E-state index in [4.69, 9.17) is 30.8 Å². The summed E-state index contributed by atoms with van der Waals surface area (Å²) in [4.78, 5) is 45.9. The van der Waals surface area contributed by atoms with Gasteiger partial charge in [0.2, 0.25) is 17.7 Å². The third-order valence-electron chi connectivity index (χ3n) is 8.71. The van der Waals surface area contributed by atoms with Crippen molar-refractivity contribution in [1.29, 1.82) is 0 Å². The fraction of sp³-hybridized carbons (Fsp3) is 0.533. The number of anilines is 1. The molecule has 0 radical (unpaired) electrons. The van der Waals surface area contributed by atoms with E-state index < -0.39 is 5.76 Å². The monoisotopic (exact) mass is 608 g/mol. The molecule has 0 bridgehead atoms. The van der Waals surface area contributed by atoms with E-state index in [1.54, 1.807) is 19.5 Å². The third kappa shape index (κ3) is 5.90. The lowest BCUT2D eigenvalue weighted by Crippen LogP contribution is -2.59.